The van der Waals surface area contributed by atoms with Gasteiger partial charge >= 0.3 is 0 Å². The lowest BCUT2D eigenvalue weighted by molar-refractivity contribution is 0.310. The third-order valence-corrected chi connectivity index (χ3v) is 2.94. The van der Waals surface area contributed by atoms with Gasteiger partial charge in [-0.15, -0.1) is 11.3 Å². The number of fused-ring (bicyclic) bond motifs is 1. The maximum atomic E-state index is 5.62. The maximum Gasteiger partial charge on any atom is 0.120 e. The third-order valence-electron chi connectivity index (χ3n) is 2.13. The summed E-state index contributed by atoms with van der Waals surface area (Å²) in [6.07, 6.45) is 2.30. The first kappa shape index (κ1) is 9.53. The van der Waals surface area contributed by atoms with Crippen LogP contribution < -0.4 is 4.74 Å². The fraction of sp³-hybridized carbons (Fsp3) is 0.333. The average Bonchev–Trinajstić information content (AvgIpc) is 2.65. The summed E-state index contributed by atoms with van der Waals surface area (Å²) in [7, 11) is 0. The lowest BCUT2D eigenvalue weighted by atomic mass is 10.2. The largest absolute Gasteiger partial charge is 0.494 e. The summed E-state index contributed by atoms with van der Waals surface area (Å²) in [5, 5.41) is 4.37. The van der Waals surface area contributed by atoms with E-state index in [9.17, 15) is 0 Å². The van der Waals surface area contributed by atoms with Crippen LogP contribution in [0.15, 0.2) is 24.3 Å². The zero-order valence-corrected chi connectivity index (χ0v) is 9.06. The second kappa shape index (κ2) is 4.47. The van der Waals surface area contributed by atoms with Crippen LogP contribution in [0.2, 0.25) is 0 Å². The van der Waals surface area contributed by atoms with Crippen molar-refractivity contribution in [3.05, 3.63) is 29.6 Å². The van der Waals surface area contributed by atoms with E-state index in [1.54, 1.807) is 11.3 Å². The van der Waals surface area contributed by atoms with Crippen molar-refractivity contribution >= 4 is 21.4 Å². The first-order chi connectivity index (χ1) is 6.90. The Kier molecular flexibility index (Phi) is 3.04. The molecule has 0 saturated heterocycles. The Morgan fingerprint density at radius 3 is 3.21 bits per heavy atom. The Bertz CT molecular complexity index is 405. The van der Waals surface area contributed by atoms with E-state index in [4.69, 9.17) is 4.74 Å². The van der Waals surface area contributed by atoms with Gasteiger partial charge in [-0.2, -0.15) is 0 Å². The van der Waals surface area contributed by atoms with Crippen LogP contribution in [0.1, 0.15) is 19.8 Å². The molecule has 0 aliphatic carbocycles. The van der Waals surface area contributed by atoms with Crippen molar-refractivity contribution in [2.45, 2.75) is 19.8 Å². The van der Waals surface area contributed by atoms with Crippen molar-refractivity contribution < 1.29 is 4.74 Å². The van der Waals surface area contributed by atoms with Crippen LogP contribution >= 0.6 is 11.3 Å². The van der Waals surface area contributed by atoms with E-state index in [0.29, 0.717) is 0 Å². The fourth-order valence-electron chi connectivity index (χ4n) is 1.30. The molecule has 14 heavy (non-hydrogen) atoms. The van der Waals surface area contributed by atoms with Gasteiger partial charge in [0.05, 0.1) is 6.61 Å². The van der Waals surface area contributed by atoms with E-state index in [-0.39, 0.29) is 0 Å². The molecule has 0 bridgehead atoms. The molecule has 0 unspecified atom stereocenters. The zero-order chi connectivity index (χ0) is 9.80. The summed E-state index contributed by atoms with van der Waals surface area (Å²) in [6, 6.07) is 8.21. The summed E-state index contributed by atoms with van der Waals surface area (Å²) >= 11 is 1.64. The van der Waals surface area contributed by atoms with Gasteiger partial charge in [0.2, 0.25) is 0 Å². The minimum Gasteiger partial charge on any atom is -0.494 e. The van der Waals surface area contributed by atoms with Crippen molar-refractivity contribution in [3.63, 3.8) is 0 Å². The van der Waals surface area contributed by atoms with Crippen LogP contribution in [0, 0.1) is 5.38 Å². The Hall–Kier alpha value is -1.02. The summed E-state index contributed by atoms with van der Waals surface area (Å²) in [4.78, 5) is 0. The number of hydrogen-bond donors (Lipinski definition) is 0. The molecule has 0 N–H and O–H groups in total. The van der Waals surface area contributed by atoms with E-state index < -0.39 is 0 Å². The van der Waals surface area contributed by atoms with Crippen LogP contribution in [0.25, 0.3) is 10.1 Å². The highest BCUT2D eigenvalue weighted by atomic mass is 32.1. The standard InChI is InChI=1S/C12H13OS/c1-2-3-7-13-11-5-4-10-6-8-14-12(10)9-11/h4-6,9H,2-3,7H2,1H3. The lowest BCUT2D eigenvalue weighted by Crippen LogP contribution is -1.95. The van der Waals surface area contributed by atoms with Crippen LogP contribution in [-0.4, -0.2) is 6.61 Å². The number of unbranched alkanes of at least 4 members (excludes halogenated alkanes) is 1. The molecule has 0 saturated carbocycles. The van der Waals surface area contributed by atoms with Gasteiger partial charge in [0, 0.05) is 10.1 Å². The normalized spacial score (nSPS) is 10.6. The smallest absolute Gasteiger partial charge is 0.120 e. The van der Waals surface area contributed by atoms with Crippen LogP contribution in [0.3, 0.4) is 0 Å². The minimum atomic E-state index is 0.817. The maximum absolute atomic E-state index is 5.62. The van der Waals surface area contributed by atoms with Crippen LogP contribution in [0.4, 0.5) is 0 Å². The number of thiophene rings is 1. The molecular weight excluding hydrogens is 192 g/mol. The molecular formula is C12H13OS. The highest BCUT2D eigenvalue weighted by molar-refractivity contribution is 7.16. The second-order valence-corrected chi connectivity index (χ2v) is 4.15. The molecule has 1 nitrogen and oxygen atoms in total. The molecule has 2 rings (SSSR count). The second-order valence-electron chi connectivity index (χ2n) is 3.27. The van der Waals surface area contributed by atoms with E-state index in [1.807, 2.05) is 12.1 Å². The van der Waals surface area contributed by atoms with Gasteiger partial charge in [0.1, 0.15) is 5.75 Å². The highest BCUT2D eigenvalue weighted by Crippen LogP contribution is 2.25. The van der Waals surface area contributed by atoms with Gasteiger partial charge in [-0.1, -0.05) is 13.3 Å². The number of hydrogen-bond acceptors (Lipinski definition) is 2. The molecule has 73 valence electrons. The lowest BCUT2D eigenvalue weighted by Gasteiger charge is -2.04. The van der Waals surface area contributed by atoms with Crippen molar-refractivity contribution in [3.8, 4) is 5.75 Å². The topological polar surface area (TPSA) is 9.23 Å². The van der Waals surface area contributed by atoms with Gasteiger partial charge in [0.15, 0.2) is 0 Å². The number of ether oxygens (including phenoxy) is 1. The van der Waals surface area contributed by atoms with Gasteiger partial charge in [-0.05, 0) is 36.1 Å². The van der Waals surface area contributed by atoms with Gasteiger partial charge in [-0.25, -0.2) is 0 Å². The van der Waals surface area contributed by atoms with E-state index >= 15 is 0 Å². The third kappa shape index (κ3) is 2.07. The molecule has 0 spiro atoms. The molecule has 1 aromatic heterocycles. The molecule has 2 aromatic rings. The zero-order valence-electron chi connectivity index (χ0n) is 8.25. The summed E-state index contributed by atoms with van der Waals surface area (Å²) in [6.45, 7) is 2.98. The van der Waals surface area contributed by atoms with E-state index in [2.05, 4.69) is 24.4 Å². The van der Waals surface area contributed by atoms with Gasteiger partial charge in [-0.3, -0.25) is 0 Å². The molecule has 1 heterocycles. The predicted molar refractivity (Wildman–Crippen MR) is 61.1 cm³/mol. The Labute approximate surface area is 88.3 Å². The molecule has 1 radical (unpaired) electrons. The van der Waals surface area contributed by atoms with Crippen LogP contribution in [-0.2, 0) is 0 Å². The highest BCUT2D eigenvalue weighted by Gasteiger charge is 1.97. The number of rotatable bonds is 4. The van der Waals surface area contributed by atoms with E-state index in [0.717, 1.165) is 18.8 Å². The van der Waals surface area contributed by atoms with Crippen molar-refractivity contribution in [1.29, 1.82) is 0 Å². The summed E-state index contributed by atoms with van der Waals surface area (Å²) < 4.78 is 6.87. The molecule has 0 amide bonds. The molecule has 0 aliphatic rings. The summed E-state index contributed by atoms with van der Waals surface area (Å²) in [5.41, 5.74) is 0. The Morgan fingerprint density at radius 1 is 1.43 bits per heavy atom. The van der Waals surface area contributed by atoms with Crippen molar-refractivity contribution in [2.24, 2.45) is 0 Å². The Morgan fingerprint density at radius 2 is 2.36 bits per heavy atom. The molecule has 1 aromatic carbocycles. The first-order valence-corrected chi connectivity index (χ1v) is 5.74. The molecule has 0 fully saturated rings. The van der Waals surface area contributed by atoms with Gasteiger partial charge < -0.3 is 4.74 Å². The predicted octanol–water partition coefficient (Wildman–Crippen LogP) is 3.88. The van der Waals surface area contributed by atoms with Gasteiger partial charge in [0.25, 0.3) is 0 Å². The van der Waals surface area contributed by atoms with Crippen LogP contribution in [0.5, 0.6) is 5.75 Å². The average molecular weight is 205 g/mol. The van der Waals surface area contributed by atoms with Crippen molar-refractivity contribution in [1.82, 2.24) is 0 Å². The summed E-state index contributed by atoms with van der Waals surface area (Å²) in [5.74, 6) is 0.974. The number of benzene rings is 1. The molecule has 2 heteroatoms. The Balaban J connectivity index is 2.10. The molecule has 0 aliphatic heterocycles. The first-order valence-electron chi connectivity index (χ1n) is 4.92. The SMILES string of the molecule is CCCCOc1ccc2c[c]sc2c1. The van der Waals surface area contributed by atoms with E-state index in [1.165, 1.54) is 16.5 Å². The monoisotopic (exact) mass is 205 g/mol. The minimum absolute atomic E-state index is 0.817. The quantitative estimate of drug-likeness (QED) is 0.688. The fourth-order valence-corrected chi connectivity index (χ4v) is 2.04. The molecule has 0 atom stereocenters. The van der Waals surface area contributed by atoms with Crippen molar-refractivity contribution in [2.75, 3.05) is 6.61 Å².